The largest absolute Gasteiger partial charge is 0.481 e. The number of hydrogen-bond acceptors (Lipinski definition) is 7. The summed E-state index contributed by atoms with van der Waals surface area (Å²) in [4.78, 5) is 43.5. The van der Waals surface area contributed by atoms with Crippen molar-refractivity contribution in [1.82, 2.24) is 25.5 Å². The highest BCUT2D eigenvalue weighted by Crippen LogP contribution is 2.34. The second-order valence-corrected chi connectivity index (χ2v) is 11.2. The number of nitrogens with one attached hydrogen (secondary N) is 3. The average Bonchev–Trinajstić information content (AvgIpc) is 3.62. The molecule has 0 radical (unpaired) electrons. The van der Waals surface area contributed by atoms with Gasteiger partial charge in [-0.15, -0.1) is 0 Å². The normalized spacial score (nSPS) is 19.1. The van der Waals surface area contributed by atoms with E-state index < -0.39 is 47.7 Å². The van der Waals surface area contributed by atoms with Gasteiger partial charge >= 0.3 is 18.3 Å². The van der Waals surface area contributed by atoms with Crippen LogP contribution in [0.25, 0.3) is 11.0 Å². The summed E-state index contributed by atoms with van der Waals surface area (Å²) in [5, 5.41) is 13.8. The van der Waals surface area contributed by atoms with Crippen molar-refractivity contribution in [2.45, 2.75) is 56.7 Å². The summed E-state index contributed by atoms with van der Waals surface area (Å²) in [6.07, 6.45) is -7.77. The number of hydrogen-bond donors (Lipinski definition) is 4. The number of likely N-dealkylation sites (tertiary alicyclic amines) is 1. The molecular formula is C31H35F6N5O6. The van der Waals surface area contributed by atoms with Gasteiger partial charge in [-0.05, 0) is 50.1 Å². The fraction of sp³-hybridized carbons (Fsp3) is 0.484. The van der Waals surface area contributed by atoms with Crippen LogP contribution in [-0.2, 0) is 37.8 Å². The number of para-hydroxylation sites is 1. The molecule has 2 amide bonds. The van der Waals surface area contributed by atoms with E-state index in [4.69, 9.17) is 14.6 Å². The van der Waals surface area contributed by atoms with Gasteiger partial charge in [0.1, 0.15) is 17.8 Å². The van der Waals surface area contributed by atoms with Crippen molar-refractivity contribution in [1.29, 1.82) is 0 Å². The Labute approximate surface area is 271 Å². The first-order valence-corrected chi connectivity index (χ1v) is 15.1. The molecule has 2 saturated heterocycles. The molecule has 2 aromatic carbocycles. The highest BCUT2D eigenvalue weighted by atomic mass is 19.4. The number of ether oxygens (including phenoxy) is 2. The summed E-state index contributed by atoms with van der Waals surface area (Å²) in [5.74, 6) is -2.30. The van der Waals surface area contributed by atoms with Crippen molar-refractivity contribution in [3.8, 4) is 0 Å². The average molecular weight is 688 g/mol. The molecule has 5 rings (SSSR count). The topological polar surface area (TPSA) is 146 Å². The van der Waals surface area contributed by atoms with Gasteiger partial charge in [-0.1, -0.05) is 12.1 Å². The minimum absolute atomic E-state index is 0.00389. The van der Waals surface area contributed by atoms with Gasteiger partial charge in [0.15, 0.2) is 0 Å². The number of rotatable bonds is 9. The lowest BCUT2D eigenvalue weighted by atomic mass is 10.1. The molecule has 11 nitrogen and oxygen atoms in total. The summed E-state index contributed by atoms with van der Waals surface area (Å²) < 4.78 is 87.5. The number of imidazole rings is 1. The maximum absolute atomic E-state index is 12.8. The summed E-state index contributed by atoms with van der Waals surface area (Å²) in [5.41, 5.74) is -2.01. The van der Waals surface area contributed by atoms with Crippen LogP contribution < -0.4 is 10.6 Å². The zero-order valence-corrected chi connectivity index (χ0v) is 25.8. The van der Waals surface area contributed by atoms with Crippen LogP contribution in [0.5, 0.6) is 0 Å². The maximum atomic E-state index is 12.8. The Morgan fingerprint density at radius 2 is 1.75 bits per heavy atom. The fourth-order valence-corrected chi connectivity index (χ4v) is 5.57. The van der Waals surface area contributed by atoms with Gasteiger partial charge in [-0.25, -0.2) is 4.98 Å². The Kier molecular flexibility index (Phi) is 12.0. The number of alkyl halides is 6. The number of carbonyl (C=O) groups excluding carboxylic acids is 2. The van der Waals surface area contributed by atoms with Crippen LogP contribution >= 0.6 is 0 Å². The van der Waals surface area contributed by atoms with Crippen LogP contribution in [0, 0.1) is 0 Å². The van der Waals surface area contributed by atoms with Crippen molar-refractivity contribution in [3.05, 3.63) is 65.0 Å². The van der Waals surface area contributed by atoms with Gasteiger partial charge in [0.25, 0.3) is 5.91 Å². The van der Waals surface area contributed by atoms with E-state index in [0.29, 0.717) is 25.7 Å². The van der Waals surface area contributed by atoms with Crippen LogP contribution in [0.15, 0.2) is 42.5 Å². The SMILES string of the molecule is CCO[C@@H]1CN(C2CCOCC2)C[C@H]1NC(=O)CNC(=O)c1cccc(C(F)(F)F)c1.O=C(O)Cc1nc2c(C(F)(F)F)cccc2[nH]1. The minimum Gasteiger partial charge on any atom is -0.481 e. The molecule has 4 N–H and O–H groups in total. The minimum atomic E-state index is -4.54. The molecule has 17 heteroatoms. The number of aliphatic carboxylic acids is 1. The highest BCUT2D eigenvalue weighted by Gasteiger charge is 2.38. The first kappa shape index (κ1) is 36.6. The van der Waals surface area contributed by atoms with Crippen LogP contribution in [0.3, 0.4) is 0 Å². The van der Waals surface area contributed by atoms with Gasteiger partial charge in [-0.2, -0.15) is 26.3 Å². The van der Waals surface area contributed by atoms with E-state index in [1.807, 2.05) is 6.92 Å². The lowest BCUT2D eigenvalue weighted by Gasteiger charge is -2.30. The molecule has 262 valence electrons. The number of amides is 2. The van der Waals surface area contributed by atoms with Gasteiger partial charge < -0.3 is 30.2 Å². The van der Waals surface area contributed by atoms with Crippen molar-refractivity contribution >= 4 is 28.8 Å². The molecule has 2 atom stereocenters. The van der Waals surface area contributed by atoms with Crippen LogP contribution in [0.2, 0.25) is 0 Å². The Balaban J connectivity index is 0.000000257. The second-order valence-electron chi connectivity index (χ2n) is 11.2. The number of fused-ring (bicyclic) bond motifs is 1. The Morgan fingerprint density at radius 1 is 1.04 bits per heavy atom. The predicted octanol–water partition coefficient (Wildman–Crippen LogP) is 4.03. The van der Waals surface area contributed by atoms with E-state index in [9.17, 15) is 40.7 Å². The van der Waals surface area contributed by atoms with Crippen molar-refractivity contribution in [2.75, 3.05) is 39.5 Å². The molecule has 3 heterocycles. The van der Waals surface area contributed by atoms with E-state index in [0.717, 1.165) is 50.3 Å². The molecule has 2 aliphatic heterocycles. The smallest absolute Gasteiger partial charge is 0.418 e. The number of benzene rings is 2. The summed E-state index contributed by atoms with van der Waals surface area (Å²) in [6.45, 7) is 4.87. The molecule has 0 bridgehead atoms. The summed E-state index contributed by atoms with van der Waals surface area (Å²) in [6, 6.07) is 7.83. The van der Waals surface area contributed by atoms with E-state index in [1.54, 1.807) is 0 Å². The van der Waals surface area contributed by atoms with E-state index >= 15 is 0 Å². The molecule has 2 fully saturated rings. The fourth-order valence-electron chi connectivity index (χ4n) is 5.57. The molecule has 2 aliphatic rings. The molecule has 48 heavy (non-hydrogen) atoms. The van der Waals surface area contributed by atoms with Crippen molar-refractivity contribution in [3.63, 3.8) is 0 Å². The van der Waals surface area contributed by atoms with E-state index in [1.165, 1.54) is 18.2 Å². The molecule has 0 unspecified atom stereocenters. The summed E-state index contributed by atoms with van der Waals surface area (Å²) in [7, 11) is 0. The van der Waals surface area contributed by atoms with Crippen molar-refractivity contribution in [2.24, 2.45) is 0 Å². The van der Waals surface area contributed by atoms with Gasteiger partial charge in [0.05, 0.1) is 35.3 Å². The van der Waals surface area contributed by atoms with E-state index in [-0.39, 0.29) is 41.1 Å². The number of nitrogens with zero attached hydrogens (tertiary/aromatic N) is 2. The maximum Gasteiger partial charge on any atom is 0.418 e. The highest BCUT2D eigenvalue weighted by molar-refractivity contribution is 5.96. The zero-order valence-electron chi connectivity index (χ0n) is 25.8. The number of carboxylic acids is 1. The van der Waals surface area contributed by atoms with Gasteiger partial charge in [-0.3, -0.25) is 19.3 Å². The lowest BCUT2D eigenvalue weighted by molar-refractivity contribution is -0.138. The van der Waals surface area contributed by atoms with E-state index in [2.05, 4.69) is 25.5 Å². The Morgan fingerprint density at radius 3 is 2.40 bits per heavy atom. The van der Waals surface area contributed by atoms with Crippen LogP contribution in [-0.4, -0.2) is 95.4 Å². The molecule has 0 saturated carbocycles. The third-order valence-electron chi connectivity index (χ3n) is 7.78. The number of carboxylic acid groups (broad SMARTS) is 1. The third-order valence-corrected chi connectivity index (χ3v) is 7.78. The molecule has 0 aliphatic carbocycles. The summed E-state index contributed by atoms with van der Waals surface area (Å²) >= 11 is 0. The quantitative estimate of drug-likeness (QED) is 0.247. The van der Waals surface area contributed by atoms with Crippen molar-refractivity contribution < 1.29 is 55.3 Å². The Bertz CT molecular complexity index is 1570. The number of aromatic amines is 1. The van der Waals surface area contributed by atoms with Crippen LogP contribution in [0.1, 0.15) is 47.1 Å². The predicted molar refractivity (Wildman–Crippen MR) is 159 cm³/mol. The molecule has 1 aromatic heterocycles. The van der Waals surface area contributed by atoms with Crippen LogP contribution in [0.4, 0.5) is 26.3 Å². The standard InChI is InChI=1S/C21H28F3N3O4.C10H7F3N2O2/c1-2-31-18-13-27(16-6-8-30-9-7-16)12-17(18)26-19(28)11-25-20(29)14-4-3-5-15(10-14)21(22,23)24;11-10(12,13)5-2-1-3-6-9(5)15-7(14-6)4-8(16)17/h3-5,10,16-18H,2,6-9,11-13H2,1H3,(H,25,29)(H,26,28);1-3H,4H2,(H,14,15)(H,16,17)/t17-,18-;/m1./s1. The number of H-pyrrole nitrogens is 1. The molecule has 3 aromatic rings. The monoisotopic (exact) mass is 687 g/mol. The lowest BCUT2D eigenvalue weighted by Crippen LogP contribution is -2.48. The second kappa shape index (κ2) is 15.8. The third kappa shape index (κ3) is 9.90. The number of carbonyl (C=O) groups is 3. The number of halogens is 6. The number of aromatic nitrogens is 2. The first-order chi connectivity index (χ1) is 22.7. The van der Waals surface area contributed by atoms with Gasteiger partial charge in [0.2, 0.25) is 5.91 Å². The zero-order chi connectivity index (χ0) is 35.1. The van der Waals surface area contributed by atoms with Gasteiger partial charge in [0, 0.05) is 44.5 Å². The Hall–Kier alpha value is -4.22. The molecule has 0 spiro atoms. The molecular weight excluding hydrogens is 652 g/mol. The first-order valence-electron chi connectivity index (χ1n) is 15.1.